The zero-order valence-corrected chi connectivity index (χ0v) is 9.60. The Bertz CT molecular complexity index is 152. The van der Waals surface area contributed by atoms with Gasteiger partial charge in [0.25, 0.3) is 0 Å². The molecule has 78 valence electrons. The van der Waals surface area contributed by atoms with Gasteiger partial charge in [-0.3, -0.25) is 0 Å². The summed E-state index contributed by atoms with van der Waals surface area (Å²) in [5.41, 5.74) is 0. The average Bonchev–Trinajstić information content (AvgIpc) is 2.52. The lowest BCUT2D eigenvalue weighted by molar-refractivity contribution is 0.196. The molecule has 0 amide bonds. The molecule has 0 aromatic heterocycles. The average molecular weight is 203 g/mol. The summed E-state index contributed by atoms with van der Waals surface area (Å²) in [6, 6.07) is 0.707. The summed E-state index contributed by atoms with van der Waals surface area (Å²) in [6.07, 6.45) is 3.67. The Hall–Kier alpha value is 0.270. The predicted octanol–water partition coefficient (Wildman–Crippen LogP) is 1.63. The summed E-state index contributed by atoms with van der Waals surface area (Å²) in [5.74, 6) is 0. The van der Waals surface area contributed by atoms with Gasteiger partial charge >= 0.3 is 0 Å². The molecule has 0 spiro atoms. The fourth-order valence-electron chi connectivity index (χ4n) is 1.74. The lowest BCUT2D eigenvalue weighted by Gasteiger charge is -2.18. The smallest absolute Gasteiger partial charge is 0.0628 e. The number of aliphatic hydroxyl groups excluding tert-OH is 1. The van der Waals surface area contributed by atoms with Gasteiger partial charge in [0.2, 0.25) is 0 Å². The van der Waals surface area contributed by atoms with Crippen molar-refractivity contribution in [1.82, 2.24) is 5.32 Å². The number of hydrogen-bond donors (Lipinski definition) is 2. The lowest BCUT2D eigenvalue weighted by Crippen LogP contribution is -2.23. The van der Waals surface area contributed by atoms with Crippen molar-refractivity contribution in [1.29, 1.82) is 0 Å². The molecule has 13 heavy (non-hydrogen) atoms. The van der Waals surface area contributed by atoms with Gasteiger partial charge in [-0.25, -0.2) is 0 Å². The van der Waals surface area contributed by atoms with E-state index in [1.54, 1.807) is 0 Å². The molecular weight excluding hydrogens is 182 g/mol. The minimum atomic E-state index is -0.182. The second-order valence-electron chi connectivity index (χ2n) is 4.00. The van der Waals surface area contributed by atoms with Crippen LogP contribution in [0.3, 0.4) is 0 Å². The van der Waals surface area contributed by atoms with E-state index >= 15 is 0 Å². The second-order valence-corrected chi connectivity index (χ2v) is 5.68. The topological polar surface area (TPSA) is 32.3 Å². The van der Waals surface area contributed by atoms with E-state index in [9.17, 15) is 5.11 Å². The molecule has 2 N–H and O–H groups in total. The third kappa shape index (κ3) is 3.49. The van der Waals surface area contributed by atoms with E-state index in [-0.39, 0.29) is 6.10 Å². The van der Waals surface area contributed by atoms with Gasteiger partial charge < -0.3 is 10.4 Å². The van der Waals surface area contributed by atoms with Crippen molar-refractivity contribution in [2.45, 2.75) is 55.8 Å². The molecule has 0 heterocycles. The van der Waals surface area contributed by atoms with Gasteiger partial charge in [-0.15, -0.1) is 0 Å². The van der Waals surface area contributed by atoms with Crippen LogP contribution in [-0.4, -0.2) is 34.8 Å². The van der Waals surface area contributed by atoms with Gasteiger partial charge in [-0.1, -0.05) is 6.92 Å². The molecule has 0 aromatic carbocycles. The van der Waals surface area contributed by atoms with Crippen molar-refractivity contribution in [3.8, 4) is 0 Å². The molecule has 0 aliphatic heterocycles. The van der Waals surface area contributed by atoms with E-state index in [0.29, 0.717) is 11.3 Å². The molecule has 0 bridgehead atoms. The Morgan fingerprint density at radius 3 is 2.54 bits per heavy atom. The third-order valence-electron chi connectivity index (χ3n) is 2.88. The van der Waals surface area contributed by atoms with E-state index in [2.05, 4.69) is 12.2 Å². The second kappa shape index (κ2) is 5.23. The standard InChI is InChI=1S/C10H21NOS/c1-7(12)8(2)13-10-5-4-9(6-10)11-3/h7-12H,4-6H2,1-3H3. The van der Waals surface area contributed by atoms with Crippen molar-refractivity contribution in [3.63, 3.8) is 0 Å². The first-order chi connectivity index (χ1) is 6.13. The van der Waals surface area contributed by atoms with Crippen LogP contribution in [0.4, 0.5) is 0 Å². The normalized spacial score (nSPS) is 33.2. The lowest BCUT2D eigenvalue weighted by atomic mass is 10.3. The number of hydrogen-bond acceptors (Lipinski definition) is 3. The summed E-state index contributed by atoms with van der Waals surface area (Å²) in [4.78, 5) is 0. The van der Waals surface area contributed by atoms with Crippen molar-refractivity contribution in [3.05, 3.63) is 0 Å². The molecule has 0 radical (unpaired) electrons. The maximum absolute atomic E-state index is 9.37. The highest BCUT2D eigenvalue weighted by molar-refractivity contribution is 8.00. The summed E-state index contributed by atoms with van der Waals surface area (Å²) >= 11 is 1.94. The first kappa shape index (κ1) is 11.3. The molecular formula is C10H21NOS. The number of nitrogens with one attached hydrogen (secondary N) is 1. The van der Waals surface area contributed by atoms with Crippen LogP contribution >= 0.6 is 11.8 Å². The fraction of sp³-hybridized carbons (Fsp3) is 1.00. The van der Waals surface area contributed by atoms with E-state index in [4.69, 9.17) is 0 Å². The number of aliphatic hydroxyl groups is 1. The molecule has 3 heteroatoms. The summed E-state index contributed by atoms with van der Waals surface area (Å²) in [6.45, 7) is 3.99. The van der Waals surface area contributed by atoms with Gasteiger partial charge in [0.15, 0.2) is 0 Å². The van der Waals surface area contributed by atoms with Crippen LogP contribution in [0.2, 0.25) is 0 Å². The van der Waals surface area contributed by atoms with Crippen LogP contribution in [0.5, 0.6) is 0 Å². The molecule has 1 aliphatic carbocycles. The van der Waals surface area contributed by atoms with Crippen molar-refractivity contribution in [2.24, 2.45) is 0 Å². The molecule has 1 fully saturated rings. The van der Waals surface area contributed by atoms with Crippen LogP contribution in [0, 0.1) is 0 Å². The monoisotopic (exact) mass is 203 g/mol. The molecule has 1 rings (SSSR count). The Morgan fingerprint density at radius 2 is 2.08 bits per heavy atom. The van der Waals surface area contributed by atoms with Gasteiger partial charge in [0.05, 0.1) is 6.10 Å². The molecule has 4 atom stereocenters. The highest BCUT2D eigenvalue weighted by Crippen LogP contribution is 2.33. The van der Waals surface area contributed by atoms with Gasteiger partial charge in [0.1, 0.15) is 0 Å². The van der Waals surface area contributed by atoms with E-state index in [1.807, 2.05) is 25.7 Å². The number of rotatable bonds is 4. The Morgan fingerprint density at radius 1 is 1.38 bits per heavy atom. The van der Waals surface area contributed by atoms with Gasteiger partial charge in [0, 0.05) is 16.5 Å². The zero-order valence-electron chi connectivity index (χ0n) is 8.79. The summed E-state index contributed by atoms with van der Waals surface area (Å²) in [7, 11) is 2.04. The predicted molar refractivity (Wildman–Crippen MR) is 59.2 cm³/mol. The highest BCUT2D eigenvalue weighted by atomic mass is 32.2. The Labute approximate surface area is 85.5 Å². The highest BCUT2D eigenvalue weighted by Gasteiger charge is 2.26. The number of thioether (sulfide) groups is 1. The van der Waals surface area contributed by atoms with Crippen LogP contribution in [0.25, 0.3) is 0 Å². The van der Waals surface area contributed by atoms with Crippen LogP contribution < -0.4 is 5.32 Å². The zero-order chi connectivity index (χ0) is 9.84. The maximum atomic E-state index is 9.37. The Kier molecular flexibility index (Phi) is 4.56. The van der Waals surface area contributed by atoms with E-state index < -0.39 is 0 Å². The fourth-order valence-corrected chi connectivity index (χ4v) is 3.19. The van der Waals surface area contributed by atoms with Crippen molar-refractivity contribution >= 4 is 11.8 Å². The van der Waals surface area contributed by atoms with Gasteiger partial charge in [-0.05, 0) is 33.2 Å². The van der Waals surface area contributed by atoms with Crippen molar-refractivity contribution < 1.29 is 5.11 Å². The molecule has 2 nitrogen and oxygen atoms in total. The molecule has 4 unspecified atom stereocenters. The van der Waals surface area contributed by atoms with Crippen LogP contribution in [0.1, 0.15) is 33.1 Å². The summed E-state index contributed by atoms with van der Waals surface area (Å²) < 4.78 is 0. The SMILES string of the molecule is CNC1CCC(SC(C)C(C)O)C1. The molecule has 1 aliphatic rings. The molecule has 0 saturated heterocycles. The van der Waals surface area contributed by atoms with Crippen molar-refractivity contribution in [2.75, 3.05) is 7.05 Å². The van der Waals surface area contributed by atoms with Gasteiger partial charge in [-0.2, -0.15) is 11.8 Å². The minimum absolute atomic E-state index is 0.182. The maximum Gasteiger partial charge on any atom is 0.0628 e. The summed E-state index contributed by atoms with van der Waals surface area (Å²) in [5, 5.41) is 13.8. The quantitative estimate of drug-likeness (QED) is 0.728. The van der Waals surface area contributed by atoms with Crippen LogP contribution in [-0.2, 0) is 0 Å². The largest absolute Gasteiger partial charge is 0.392 e. The minimum Gasteiger partial charge on any atom is -0.392 e. The first-order valence-corrected chi connectivity index (χ1v) is 6.08. The Balaban J connectivity index is 2.23. The molecule has 0 aromatic rings. The van der Waals surface area contributed by atoms with Crippen LogP contribution in [0.15, 0.2) is 0 Å². The van der Waals surface area contributed by atoms with E-state index in [1.165, 1.54) is 19.3 Å². The van der Waals surface area contributed by atoms with E-state index in [0.717, 1.165) is 5.25 Å². The third-order valence-corrected chi connectivity index (χ3v) is 4.52. The molecule has 1 saturated carbocycles. The first-order valence-electron chi connectivity index (χ1n) is 5.14.